The first-order valence-electron chi connectivity index (χ1n) is 5.76. The van der Waals surface area contributed by atoms with Gasteiger partial charge < -0.3 is 0 Å². The molecule has 6 heteroatoms. The molecule has 0 amide bonds. The van der Waals surface area contributed by atoms with Gasteiger partial charge in [0.1, 0.15) is 0 Å². The van der Waals surface area contributed by atoms with Gasteiger partial charge in [0, 0.05) is 24.3 Å². The molecule has 0 fully saturated rings. The van der Waals surface area contributed by atoms with Crippen LogP contribution < -0.4 is 0 Å². The fourth-order valence-corrected chi connectivity index (χ4v) is 2.41. The van der Waals surface area contributed by atoms with Gasteiger partial charge in [-0.1, -0.05) is 6.58 Å². The lowest BCUT2D eigenvalue weighted by molar-refractivity contribution is -0.385. The molecule has 0 saturated heterocycles. The summed E-state index contributed by atoms with van der Waals surface area (Å²) >= 11 is 0. The summed E-state index contributed by atoms with van der Waals surface area (Å²) in [5.74, 6) is 0. The van der Waals surface area contributed by atoms with Crippen LogP contribution in [0.25, 0.3) is 16.7 Å². The summed E-state index contributed by atoms with van der Waals surface area (Å²) in [6.07, 6.45) is 0. The number of rotatable bonds is 2. The van der Waals surface area contributed by atoms with Crippen LogP contribution in [0.3, 0.4) is 0 Å². The van der Waals surface area contributed by atoms with Crippen LogP contribution in [0.15, 0.2) is 43.0 Å². The standard InChI is InChI=1S/C14H8N2O4/c1-8-13-6-9(15(17)18)2-4-11(13)12-5-3-10(16(19)20)7-14(8)12/h2-7H,1H2. The molecule has 0 atom stereocenters. The molecule has 0 unspecified atom stereocenters. The van der Waals surface area contributed by atoms with Crippen molar-refractivity contribution in [3.8, 4) is 11.1 Å². The highest BCUT2D eigenvalue weighted by molar-refractivity contribution is 6.01. The first kappa shape index (κ1) is 12.0. The molecule has 0 heterocycles. The maximum Gasteiger partial charge on any atom is 0.270 e. The summed E-state index contributed by atoms with van der Waals surface area (Å²) in [6, 6.07) is 9.03. The predicted octanol–water partition coefficient (Wildman–Crippen LogP) is 3.54. The molecule has 0 saturated carbocycles. The van der Waals surface area contributed by atoms with Gasteiger partial charge in [0.05, 0.1) is 9.85 Å². The van der Waals surface area contributed by atoms with Gasteiger partial charge in [0.2, 0.25) is 0 Å². The van der Waals surface area contributed by atoms with Crippen molar-refractivity contribution in [2.24, 2.45) is 0 Å². The highest BCUT2D eigenvalue weighted by Gasteiger charge is 2.26. The number of nitro benzene ring substituents is 2. The molecule has 1 aliphatic carbocycles. The number of fused-ring (bicyclic) bond motifs is 3. The topological polar surface area (TPSA) is 86.3 Å². The van der Waals surface area contributed by atoms with E-state index in [1.54, 1.807) is 12.1 Å². The zero-order valence-electron chi connectivity index (χ0n) is 10.2. The molecule has 0 bridgehead atoms. The Morgan fingerprint density at radius 2 is 1.15 bits per heavy atom. The monoisotopic (exact) mass is 268 g/mol. The number of non-ortho nitro benzene ring substituents is 2. The minimum atomic E-state index is -0.473. The molecule has 0 N–H and O–H groups in total. The summed E-state index contributed by atoms with van der Waals surface area (Å²) in [4.78, 5) is 20.7. The largest absolute Gasteiger partial charge is 0.270 e. The van der Waals surface area contributed by atoms with Crippen LogP contribution in [0.4, 0.5) is 11.4 Å². The fraction of sp³-hybridized carbons (Fsp3) is 0. The van der Waals surface area contributed by atoms with Crippen molar-refractivity contribution in [3.63, 3.8) is 0 Å². The van der Waals surface area contributed by atoms with Crippen molar-refractivity contribution in [3.05, 3.63) is 74.3 Å². The molecule has 0 aromatic heterocycles. The Balaban J connectivity index is 2.21. The van der Waals surface area contributed by atoms with E-state index in [0.29, 0.717) is 16.7 Å². The van der Waals surface area contributed by atoms with Crippen LogP contribution in [0.2, 0.25) is 0 Å². The highest BCUT2D eigenvalue weighted by Crippen LogP contribution is 2.45. The second-order valence-electron chi connectivity index (χ2n) is 4.45. The predicted molar refractivity (Wildman–Crippen MR) is 73.3 cm³/mol. The van der Waals surface area contributed by atoms with Crippen LogP contribution in [0, 0.1) is 20.2 Å². The fourth-order valence-electron chi connectivity index (χ4n) is 2.41. The third-order valence-corrected chi connectivity index (χ3v) is 3.37. The van der Waals surface area contributed by atoms with E-state index >= 15 is 0 Å². The van der Waals surface area contributed by atoms with E-state index in [2.05, 4.69) is 6.58 Å². The number of hydrogen-bond acceptors (Lipinski definition) is 4. The van der Waals surface area contributed by atoms with Gasteiger partial charge in [0.25, 0.3) is 11.4 Å². The number of hydrogen-bond donors (Lipinski definition) is 0. The van der Waals surface area contributed by atoms with Gasteiger partial charge in [0.15, 0.2) is 0 Å². The van der Waals surface area contributed by atoms with E-state index in [4.69, 9.17) is 0 Å². The Labute approximate surface area is 113 Å². The average molecular weight is 268 g/mol. The molecular formula is C14H8N2O4. The number of nitro groups is 2. The SMILES string of the molecule is C=C1c2cc([N+](=O)[O-])ccc2-c2ccc([N+](=O)[O-])cc21. The molecule has 6 nitrogen and oxygen atoms in total. The van der Waals surface area contributed by atoms with Gasteiger partial charge in [-0.3, -0.25) is 20.2 Å². The Morgan fingerprint density at radius 3 is 1.50 bits per heavy atom. The zero-order valence-corrected chi connectivity index (χ0v) is 10.2. The first-order chi connectivity index (χ1) is 9.49. The molecule has 2 aromatic carbocycles. The van der Waals surface area contributed by atoms with E-state index in [9.17, 15) is 20.2 Å². The van der Waals surface area contributed by atoms with Gasteiger partial charge in [-0.05, 0) is 40.0 Å². The second kappa shape index (κ2) is 3.99. The molecule has 3 rings (SSSR count). The minimum Gasteiger partial charge on any atom is -0.258 e. The van der Waals surface area contributed by atoms with Gasteiger partial charge >= 0.3 is 0 Å². The van der Waals surface area contributed by atoms with Gasteiger partial charge in [-0.2, -0.15) is 0 Å². The maximum absolute atomic E-state index is 10.8. The van der Waals surface area contributed by atoms with Crippen LogP contribution in [-0.4, -0.2) is 9.85 Å². The number of nitrogens with zero attached hydrogens (tertiary/aromatic N) is 2. The minimum absolute atomic E-state index is 0.0211. The lowest BCUT2D eigenvalue weighted by Crippen LogP contribution is -1.89. The zero-order chi connectivity index (χ0) is 14.4. The lowest BCUT2D eigenvalue weighted by Gasteiger charge is -1.99. The molecular weight excluding hydrogens is 260 g/mol. The smallest absolute Gasteiger partial charge is 0.258 e. The molecule has 0 aliphatic heterocycles. The van der Waals surface area contributed by atoms with Crippen molar-refractivity contribution in [2.75, 3.05) is 0 Å². The molecule has 0 radical (unpaired) electrons. The van der Waals surface area contributed by atoms with Crippen molar-refractivity contribution < 1.29 is 9.85 Å². The maximum atomic E-state index is 10.8. The van der Waals surface area contributed by atoms with Crippen LogP contribution >= 0.6 is 0 Å². The molecule has 20 heavy (non-hydrogen) atoms. The van der Waals surface area contributed by atoms with Crippen molar-refractivity contribution in [2.45, 2.75) is 0 Å². The van der Waals surface area contributed by atoms with E-state index in [1.165, 1.54) is 24.3 Å². The van der Waals surface area contributed by atoms with Crippen molar-refractivity contribution in [1.82, 2.24) is 0 Å². The molecule has 98 valence electrons. The highest BCUT2D eigenvalue weighted by atomic mass is 16.6. The van der Waals surface area contributed by atoms with E-state index in [0.717, 1.165) is 11.1 Å². The third kappa shape index (κ3) is 1.58. The Hall–Kier alpha value is -3.02. The Bertz CT molecular complexity index is 730. The van der Waals surface area contributed by atoms with Crippen LogP contribution in [0.5, 0.6) is 0 Å². The van der Waals surface area contributed by atoms with Crippen molar-refractivity contribution in [1.29, 1.82) is 0 Å². The molecule has 0 spiro atoms. The summed E-state index contributed by atoms with van der Waals surface area (Å²) in [5, 5.41) is 21.6. The van der Waals surface area contributed by atoms with Gasteiger partial charge in [-0.25, -0.2) is 0 Å². The Kier molecular flexibility index (Phi) is 2.40. The average Bonchev–Trinajstić information content (AvgIpc) is 2.71. The van der Waals surface area contributed by atoms with Crippen LogP contribution in [0.1, 0.15) is 11.1 Å². The van der Waals surface area contributed by atoms with Crippen molar-refractivity contribution >= 4 is 16.9 Å². The summed E-state index contributed by atoms with van der Waals surface area (Å²) in [6.45, 7) is 3.89. The summed E-state index contributed by atoms with van der Waals surface area (Å²) < 4.78 is 0. The van der Waals surface area contributed by atoms with E-state index in [1.807, 2.05) is 0 Å². The summed E-state index contributed by atoms with van der Waals surface area (Å²) in [5.41, 5.74) is 3.45. The second-order valence-corrected chi connectivity index (χ2v) is 4.45. The number of benzene rings is 2. The third-order valence-electron chi connectivity index (χ3n) is 3.37. The molecule has 1 aliphatic rings. The van der Waals surface area contributed by atoms with Gasteiger partial charge in [-0.15, -0.1) is 0 Å². The quantitative estimate of drug-likeness (QED) is 0.525. The normalized spacial score (nSPS) is 11.9. The van der Waals surface area contributed by atoms with Crippen LogP contribution in [-0.2, 0) is 0 Å². The van der Waals surface area contributed by atoms with E-state index in [-0.39, 0.29) is 11.4 Å². The van der Waals surface area contributed by atoms with E-state index < -0.39 is 9.85 Å². The molecule has 2 aromatic rings. The lowest BCUT2D eigenvalue weighted by atomic mass is 10.1. The Morgan fingerprint density at radius 1 is 0.750 bits per heavy atom. The first-order valence-corrected chi connectivity index (χ1v) is 5.76. The summed E-state index contributed by atoms with van der Waals surface area (Å²) in [7, 11) is 0.